The van der Waals surface area contributed by atoms with Crippen molar-refractivity contribution in [2.24, 2.45) is 0 Å². The second kappa shape index (κ2) is 4.10. The Morgan fingerprint density at radius 1 is 1.11 bits per heavy atom. The van der Waals surface area contributed by atoms with Gasteiger partial charge in [-0.1, -0.05) is 36.4 Å². The number of hydrogen-bond donors (Lipinski definition) is 0. The van der Waals surface area contributed by atoms with Gasteiger partial charge in [0.2, 0.25) is 5.79 Å². The average molecular weight is 242 g/mol. The summed E-state index contributed by atoms with van der Waals surface area (Å²) in [7, 11) is 0. The van der Waals surface area contributed by atoms with Crippen LogP contribution in [0.1, 0.15) is 18.9 Å². The van der Waals surface area contributed by atoms with E-state index < -0.39 is 5.79 Å². The second-order valence-electron chi connectivity index (χ2n) is 4.58. The van der Waals surface area contributed by atoms with E-state index in [0.29, 0.717) is 13.0 Å². The van der Waals surface area contributed by atoms with Gasteiger partial charge in [0.1, 0.15) is 0 Å². The van der Waals surface area contributed by atoms with Gasteiger partial charge in [0.15, 0.2) is 0 Å². The van der Waals surface area contributed by atoms with Crippen molar-refractivity contribution in [3.05, 3.63) is 48.0 Å². The number of hydrogen-bond acceptors (Lipinski definition) is 3. The number of esters is 1. The van der Waals surface area contributed by atoms with E-state index in [0.717, 1.165) is 16.3 Å². The van der Waals surface area contributed by atoms with Crippen molar-refractivity contribution in [3.63, 3.8) is 0 Å². The monoisotopic (exact) mass is 242 g/mol. The molecule has 1 atom stereocenters. The van der Waals surface area contributed by atoms with Gasteiger partial charge >= 0.3 is 5.97 Å². The number of fused-ring (bicyclic) bond motifs is 1. The van der Waals surface area contributed by atoms with E-state index in [1.807, 2.05) is 36.4 Å². The minimum Gasteiger partial charge on any atom is -0.429 e. The third kappa shape index (κ3) is 1.87. The number of ether oxygens (including phenoxy) is 2. The Morgan fingerprint density at radius 2 is 1.89 bits per heavy atom. The molecule has 18 heavy (non-hydrogen) atoms. The molecule has 3 heteroatoms. The molecule has 0 N–H and O–H groups in total. The molecule has 1 unspecified atom stereocenters. The van der Waals surface area contributed by atoms with Crippen LogP contribution in [0.25, 0.3) is 10.8 Å². The zero-order chi connectivity index (χ0) is 12.6. The van der Waals surface area contributed by atoms with Gasteiger partial charge in [0.25, 0.3) is 0 Å². The SMILES string of the molecule is CC1(c2ccc3ccccc3c2)OCCC(=O)O1. The van der Waals surface area contributed by atoms with Crippen molar-refractivity contribution in [3.8, 4) is 0 Å². The van der Waals surface area contributed by atoms with E-state index in [1.165, 1.54) is 0 Å². The molecule has 1 aliphatic heterocycles. The highest BCUT2D eigenvalue weighted by Gasteiger charge is 2.35. The first-order valence-electron chi connectivity index (χ1n) is 6.02. The quantitative estimate of drug-likeness (QED) is 0.721. The van der Waals surface area contributed by atoms with E-state index in [9.17, 15) is 4.79 Å². The highest BCUT2D eigenvalue weighted by molar-refractivity contribution is 5.83. The molecular weight excluding hydrogens is 228 g/mol. The van der Waals surface area contributed by atoms with E-state index in [2.05, 4.69) is 6.07 Å². The van der Waals surface area contributed by atoms with Crippen LogP contribution in [0.15, 0.2) is 42.5 Å². The zero-order valence-electron chi connectivity index (χ0n) is 10.2. The molecule has 0 spiro atoms. The molecule has 0 aliphatic carbocycles. The molecule has 0 amide bonds. The van der Waals surface area contributed by atoms with Crippen LogP contribution in [0.4, 0.5) is 0 Å². The summed E-state index contributed by atoms with van der Waals surface area (Å²) in [4.78, 5) is 11.4. The van der Waals surface area contributed by atoms with Crippen molar-refractivity contribution in [2.45, 2.75) is 19.1 Å². The second-order valence-corrected chi connectivity index (χ2v) is 4.58. The highest BCUT2D eigenvalue weighted by atomic mass is 16.7. The lowest BCUT2D eigenvalue weighted by molar-refractivity contribution is -0.251. The lowest BCUT2D eigenvalue weighted by Crippen LogP contribution is -2.37. The molecule has 1 aliphatic rings. The minimum absolute atomic E-state index is 0.211. The van der Waals surface area contributed by atoms with Crippen molar-refractivity contribution in [1.82, 2.24) is 0 Å². The molecule has 1 saturated heterocycles. The normalized spacial score (nSPS) is 23.9. The van der Waals surface area contributed by atoms with Crippen molar-refractivity contribution >= 4 is 16.7 Å². The molecule has 3 nitrogen and oxygen atoms in total. The molecule has 0 bridgehead atoms. The number of benzene rings is 2. The van der Waals surface area contributed by atoms with E-state index in [1.54, 1.807) is 6.92 Å². The fourth-order valence-electron chi connectivity index (χ4n) is 2.24. The van der Waals surface area contributed by atoms with Crippen molar-refractivity contribution < 1.29 is 14.3 Å². The molecule has 92 valence electrons. The van der Waals surface area contributed by atoms with Gasteiger partial charge in [-0.15, -0.1) is 0 Å². The van der Waals surface area contributed by atoms with Crippen LogP contribution < -0.4 is 0 Å². The molecular formula is C15H14O3. The third-order valence-electron chi connectivity index (χ3n) is 3.27. The van der Waals surface area contributed by atoms with E-state index >= 15 is 0 Å². The Labute approximate surface area is 105 Å². The number of carbonyl (C=O) groups is 1. The molecule has 0 saturated carbocycles. The Hall–Kier alpha value is -1.87. The Morgan fingerprint density at radius 3 is 2.67 bits per heavy atom. The van der Waals surface area contributed by atoms with Crippen LogP contribution in [0.3, 0.4) is 0 Å². The van der Waals surface area contributed by atoms with Crippen LogP contribution in [0, 0.1) is 0 Å². The van der Waals surface area contributed by atoms with Gasteiger partial charge in [0.05, 0.1) is 13.0 Å². The fraction of sp³-hybridized carbons (Fsp3) is 0.267. The van der Waals surface area contributed by atoms with Gasteiger partial charge in [0, 0.05) is 12.5 Å². The minimum atomic E-state index is -0.959. The molecule has 1 fully saturated rings. The van der Waals surface area contributed by atoms with Gasteiger partial charge in [-0.2, -0.15) is 0 Å². The summed E-state index contributed by atoms with van der Waals surface area (Å²) in [6, 6.07) is 14.0. The lowest BCUT2D eigenvalue weighted by atomic mass is 10.0. The van der Waals surface area contributed by atoms with Crippen LogP contribution in [-0.4, -0.2) is 12.6 Å². The van der Waals surface area contributed by atoms with Crippen molar-refractivity contribution in [2.75, 3.05) is 6.61 Å². The molecule has 1 heterocycles. The number of cyclic esters (lactones) is 1. The Bertz CT molecular complexity index is 605. The van der Waals surface area contributed by atoms with Crippen LogP contribution in [0.5, 0.6) is 0 Å². The zero-order valence-corrected chi connectivity index (χ0v) is 10.2. The molecule has 0 aromatic heterocycles. The predicted molar refractivity (Wildman–Crippen MR) is 68.0 cm³/mol. The maximum atomic E-state index is 11.4. The number of rotatable bonds is 1. The topological polar surface area (TPSA) is 35.5 Å². The predicted octanol–water partition coefficient (Wildman–Crippen LogP) is 2.98. The van der Waals surface area contributed by atoms with Crippen LogP contribution in [-0.2, 0) is 20.1 Å². The summed E-state index contributed by atoms with van der Waals surface area (Å²) in [5.74, 6) is -1.17. The molecule has 0 radical (unpaired) electrons. The highest BCUT2D eigenvalue weighted by Crippen LogP contribution is 2.32. The summed E-state index contributed by atoms with van der Waals surface area (Å²) >= 11 is 0. The van der Waals surface area contributed by atoms with Gasteiger partial charge in [-0.3, -0.25) is 4.79 Å². The lowest BCUT2D eigenvalue weighted by Gasteiger charge is -2.33. The molecule has 2 aromatic carbocycles. The van der Waals surface area contributed by atoms with E-state index in [4.69, 9.17) is 9.47 Å². The van der Waals surface area contributed by atoms with Gasteiger partial charge in [-0.25, -0.2) is 0 Å². The van der Waals surface area contributed by atoms with Gasteiger partial charge < -0.3 is 9.47 Å². The Balaban J connectivity index is 2.05. The summed E-state index contributed by atoms with van der Waals surface area (Å²) in [5.41, 5.74) is 0.870. The first kappa shape index (κ1) is 11.2. The largest absolute Gasteiger partial charge is 0.429 e. The summed E-state index contributed by atoms with van der Waals surface area (Å²) in [5, 5.41) is 2.27. The first-order chi connectivity index (χ1) is 8.67. The third-order valence-corrected chi connectivity index (χ3v) is 3.27. The summed E-state index contributed by atoms with van der Waals surface area (Å²) in [6.45, 7) is 2.19. The van der Waals surface area contributed by atoms with E-state index in [-0.39, 0.29) is 5.97 Å². The Kier molecular flexibility index (Phi) is 2.56. The van der Waals surface area contributed by atoms with Crippen LogP contribution >= 0.6 is 0 Å². The maximum absolute atomic E-state index is 11.4. The van der Waals surface area contributed by atoms with Gasteiger partial charge in [-0.05, 0) is 16.8 Å². The number of carbonyl (C=O) groups excluding carboxylic acids is 1. The first-order valence-corrected chi connectivity index (χ1v) is 6.02. The van der Waals surface area contributed by atoms with Crippen molar-refractivity contribution in [1.29, 1.82) is 0 Å². The molecule has 2 aromatic rings. The standard InChI is InChI=1S/C15H14O3/c1-15(17-9-8-14(16)18-15)13-7-6-11-4-2-3-5-12(11)10-13/h2-7,10H,8-9H2,1H3. The average Bonchev–Trinajstić information content (AvgIpc) is 2.38. The smallest absolute Gasteiger partial charge is 0.310 e. The maximum Gasteiger partial charge on any atom is 0.310 e. The summed E-state index contributed by atoms with van der Waals surface area (Å²) < 4.78 is 11.0. The summed E-state index contributed by atoms with van der Waals surface area (Å²) in [6.07, 6.45) is 0.323. The molecule has 3 rings (SSSR count). The van der Waals surface area contributed by atoms with Crippen LogP contribution in [0.2, 0.25) is 0 Å². The fourth-order valence-corrected chi connectivity index (χ4v) is 2.24.